The molecule has 7 heavy (non-hydrogen) atoms. The lowest BCUT2D eigenvalue weighted by Gasteiger charge is -1.79. The Kier molecular flexibility index (Phi) is 2.55. The van der Waals surface area contributed by atoms with Gasteiger partial charge in [0.25, 0.3) is 6.73 Å². The van der Waals surface area contributed by atoms with Gasteiger partial charge in [0.1, 0.15) is 0 Å². The molecule has 1 unspecified atom stereocenters. The van der Waals surface area contributed by atoms with Gasteiger partial charge in [0.2, 0.25) is 0 Å². The third-order valence-corrected chi connectivity index (χ3v) is 0.835. The van der Waals surface area contributed by atoms with Crippen LogP contribution in [-0.2, 0) is 16.4 Å². The van der Waals surface area contributed by atoms with Crippen molar-refractivity contribution in [3.8, 4) is 0 Å². The fourth-order valence-corrected chi connectivity index (χ4v) is 0.469. The van der Waals surface area contributed by atoms with Crippen LogP contribution < -0.4 is 5.09 Å². The second-order valence-corrected chi connectivity index (χ2v) is 2.41. The van der Waals surface area contributed by atoms with Gasteiger partial charge in [-0.1, -0.05) is 0 Å². The summed E-state index contributed by atoms with van der Waals surface area (Å²) >= 11 is 3.97. The van der Waals surface area contributed by atoms with E-state index in [2.05, 4.69) is 11.8 Å². The third-order valence-electron chi connectivity index (χ3n) is 0.187. The number of nitrogens with one attached hydrogen (secondary N) is 1. The number of hydrogen-bond acceptors (Lipinski definition) is 3. The molecular weight excluding hydrogens is 137 g/mol. The van der Waals surface area contributed by atoms with Crippen molar-refractivity contribution in [2.75, 3.05) is 0 Å². The lowest BCUT2D eigenvalue weighted by molar-refractivity contribution is 0.201. The van der Waals surface area contributed by atoms with Crippen molar-refractivity contribution in [3.05, 3.63) is 0 Å². The molecule has 4 nitrogen and oxygen atoms in total. The van der Waals surface area contributed by atoms with E-state index in [1.165, 1.54) is 0 Å². The lowest BCUT2D eigenvalue weighted by atomic mass is 11.3. The van der Waals surface area contributed by atoms with Crippen molar-refractivity contribution in [3.63, 3.8) is 0 Å². The van der Waals surface area contributed by atoms with Crippen molar-refractivity contribution >= 4 is 24.6 Å². The quantitative estimate of drug-likeness (QED) is 0.518. The van der Waals surface area contributed by atoms with E-state index >= 15 is 0 Å². The second-order valence-electron chi connectivity index (χ2n) is 0.674. The highest BCUT2D eigenvalue weighted by atomic mass is 32.4. The first-order chi connectivity index (χ1) is 3.13. The predicted molar refractivity (Wildman–Crippen MR) is 26.1 cm³/mol. The molecule has 0 rings (SSSR count). The molecule has 0 saturated heterocycles. The first-order valence-electron chi connectivity index (χ1n) is 1.27. The van der Waals surface area contributed by atoms with Gasteiger partial charge < -0.3 is 5.11 Å². The molecule has 0 aliphatic rings. The Morgan fingerprint density at radius 3 is 2.29 bits per heavy atom. The maximum absolute atomic E-state index is 9.73. The Hall–Kier alpha value is -0.410. The van der Waals surface area contributed by atoms with Gasteiger partial charge in [-0.25, -0.2) is 14.4 Å². The molecule has 0 aromatic carbocycles. The fraction of sp³-hybridized carbons (Fsp3) is 0. The zero-order chi connectivity index (χ0) is 5.86. The van der Waals surface area contributed by atoms with Crippen LogP contribution in [-0.4, -0.2) is 11.2 Å². The summed E-state index contributed by atoms with van der Waals surface area (Å²) in [5, 5.41) is 9.27. The summed E-state index contributed by atoms with van der Waals surface area (Å²) in [5.74, 6) is 0. The maximum atomic E-state index is 9.73. The van der Waals surface area contributed by atoms with Gasteiger partial charge in [0.05, 0.1) is 0 Å². The Morgan fingerprint density at radius 2 is 2.29 bits per heavy atom. The topological polar surface area (TPSA) is 66.4 Å². The Morgan fingerprint density at radius 1 is 1.86 bits per heavy atom. The van der Waals surface area contributed by atoms with Crippen LogP contribution in [0.25, 0.3) is 0 Å². The van der Waals surface area contributed by atoms with Gasteiger partial charge in [-0.2, -0.15) is 0 Å². The molecule has 0 radical (unpaired) electrons. The third kappa shape index (κ3) is 5.59. The van der Waals surface area contributed by atoms with Crippen molar-refractivity contribution in [2.45, 2.75) is 0 Å². The summed E-state index contributed by atoms with van der Waals surface area (Å²) < 4.78 is 9.73. The second kappa shape index (κ2) is 2.71. The average molecular weight is 139 g/mol. The van der Waals surface area contributed by atoms with E-state index < -0.39 is 12.8 Å². The molecule has 6 heteroatoms. The molecule has 40 valence electrons. The molecule has 0 heterocycles. The molecule has 0 fully saturated rings. The highest BCUT2D eigenvalue weighted by Gasteiger charge is 1.89. The Bertz CT molecular complexity index is 132. The summed E-state index contributed by atoms with van der Waals surface area (Å²) in [6.45, 7) is -2.16. The van der Waals surface area contributed by atoms with Crippen molar-refractivity contribution in [1.82, 2.24) is 5.09 Å². The largest absolute Gasteiger partial charge is 0.465 e. The van der Waals surface area contributed by atoms with Crippen LogP contribution >= 0.6 is 6.73 Å². The van der Waals surface area contributed by atoms with Crippen LogP contribution in [0.3, 0.4) is 0 Å². The Balaban J connectivity index is 3.53. The predicted octanol–water partition coefficient (Wildman–Crippen LogP) is 0.458. The number of hydrogen-bond donors (Lipinski definition) is 2. The SMILES string of the molecule is O=C(O)NP(=O)=S. The van der Waals surface area contributed by atoms with Crippen LogP contribution in [0.15, 0.2) is 0 Å². The minimum Gasteiger partial charge on any atom is -0.465 e. The van der Waals surface area contributed by atoms with E-state index in [4.69, 9.17) is 5.11 Å². The summed E-state index contributed by atoms with van der Waals surface area (Å²) in [4.78, 5) is 9.45. The van der Waals surface area contributed by atoms with Crippen LogP contribution in [0, 0.1) is 0 Å². The van der Waals surface area contributed by atoms with Gasteiger partial charge >= 0.3 is 6.09 Å². The standard InChI is InChI=1S/CH2NO3PS/c3-1(4)2-6(5)7/h(H,3,4)(H,2,5,7). The molecule has 1 atom stereocenters. The van der Waals surface area contributed by atoms with Gasteiger partial charge in [-0.15, -0.1) is 0 Å². The summed E-state index contributed by atoms with van der Waals surface area (Å²) in [5.41, 5.74) is 0. The minimum atomic E-state index is -2.16. The van der Waals surface area contributed by atoms with E-state index in [1.807, 2.05) is 0 Å². The molecule has 0 bridgehead atoms. The molecule has 2 N–H and O–H groups in total. The first kappa shape index (κ1) is 6.59. The smallest absolute Gasteiger partial charge is 0.414 e. The molecular formula is CH2NO3PS. The molecule has 0 aromatic heterocycles. The van der Waals surface area contributed by atoms with E-state index in [-0.39, 0.29) is 0 Å². The number of carbonyl (C=O) groups is 1. The van der Waals surface area contributed by atoms with Crippen molar-refractivity contribution in [2.24, 2.45) is 0 Å². The van der Waals surface area contributed by atoms with Crippen LogP contribution in [0.4, 0.5) is 4.79 Å². The van der Waals surface area contributed by atoms with Gasteiger partial charge in [0.15, 0.2) is 0 Å². The molecule has 0 spiro atoms. The van der Waals surface area contributed by atoms with Crippen LogP contribution in [0.5, 0.6) is 0 Å². The number of amides is 1. The highest BCUT2D eigenvalue weighted by molar-refractivity contribution is 7.98. The molecule has 0 saturated carbocycles. The maximum Gasteiger partial charge on any atom is 0.414 e. The summed E-state index contributed by atoms with van der Waals surface area (Å²) in [7, 11) is 0. The Labute approximate surface area is 45.0 Å². The van der Waals surface area contributed by atoms with E-state index in [0.717, 1.165) is 0 Å². The van der Waals surface area contributed by atoms with Crippen molar-refractivity contribution < 1.29 is 14.5 Å². The van der Waals surface area contributed by atoms with E-state index in [0.29, 0.717) is 0 Å². The number of carboxylic acid groups (broad SMARTS) is 1. The summed E-state index contributed by atoms with van der Waals surface area (Å²) in [6, 6.07) is 0. The molecule has 0 aliphatic carbocycles. The van der Waals surface area contributed by atoms with E-state index in [1.54, 1.807) is 5.09 Å². The fourth-order valence-electron chi connectivity index (χ4n) is 0.0781. The zero-order valence-corrected chi connectivity index (χ0v) is 4.83. The number of rotatable bonds is 1. The van der Waals surface area contributed by atoms with Crippen LogP contribution in [0.2, 0.25) is 0 Å². The van der Waals surface area contributed by atoms with Crippen LogP contribution in [0.1, 0.15) is 0 Å². The highest BCUT2D eigenvalue weighted by Crippen LogP contribution is 1.90. The first-order valence-corrected chi connectivity index (χ1v) is 3.54. The normalized spacial score (nSPS) is 10.0. The van der Waals surface area contributed by atoms with Gasteiger partial charge in [-0.3, -0.25) is 0 Å². The molecule has 0 aromatic rings. The molecule has 0 aliphatic heterocycles. The average Bonchev–Trinajstić information content (AvgIpc) is 1.27. The molecule has 1 amide bonds. The van der Waals surface area contributed by atoms with E-state index in [9.17, 15) is 9.36 Å². The minimum absolute atomic E-state index is 1.35. The lowest BCUT2D eigenvalue weighted by Crippen LogP contribution is -2.08. The van der Waals surface area contributed by atoms with Crippen molar-refractivity contribution in [1.29, 1.82) is 0 Å². The van der Waals surface area contributed by atoms with Gasteiger partial charge in [0, 0.05) is 11.8 Å². The zero-order valence-electron chi connectivity index (χ0n) is 3.12. The monoisotopic (exact) mass is 139 g/mol. The summed E-state index contributed by atoms with van der Waals surface area (Å²) in [6.07, 6.45) is -1.35. The van der Waals surface area contributed by atoms with Gasteiger partial charge in [-0.05, 0) is 0 Å².